The number of methoxy groups -OCH3 is 1. The van der Waals surface area contributed by atoms with E-state index in [0.717, 1.165) is 47.8 Å². The molecule has 0 unspecified atom stereocenters. The maximum Gasteiger partial charge on any atom is 0.411 e. The molecule has 0 fully saturated rings. The lowest BCUT2D eigenvalue weighted by molar-refractivity contribution is 0.187. The Morgan fingerprint density at radius 3 is 2.53 bits per heavy atom. The van der Waals surface area contributed by atoms with E-state index >= 15 is 0 Å². The predicted octanol–water partition coefficient (Wildman–Crippen LogP) is 6.53. The van der Waals surface area contributed by atoms with E-state index < -0.39 is 6.09 Å². The summed E-state index contributed by atoms with van der Waals surface area (Å²) >= 11 is 12.8. The Kier molecular flexibility index (Phi) is 9.79. The van der Waals surface area contributed by atoms with Crippen LogP contribution >= 0.6 is 23.2 Å². The molecule has 0 bridgehead atoms. The number of nitrogens with one attached hydrogen (secondary N) is 3. The second-order valence-electron chi connectivity index (χ2n) is 8.90. The second-order valence-corrected chi connectivity index (χ2v) is 9.71. The molecule has 0 saturated carbocycles. The maximum absolute atomic E-state index is 11.5. The van der Waals surface area contributed by atoms with Gasteiger partial charge in [-0.05, 0) is 66.8 Å². The van der Waals surface area contributed by atoms with Crippen molar-refractivity contribution in [3.63, 3.8) is 0 Å². The van der Waals surface area contributed by atoms with Crippen LogP contribution in [0.3, 0.4) is 0 Å². The number of anilines is 1. The Labute approximate surface area is 232 Å². The van der Waals surface area contributed by atoms with Gasteiger partial charge in [0.25, 0.3) is 0 Å². The Bertz CT molecular complexity index is 1340. The van der Waals surface area contributed by atoms with Crippen LogP contribution in [0.4, 0.5) is 10.5 Å². The van der Waals surface area contributed by atoms with Crippen LogP contribution in [0.15, 0.2) is 72.8 Å². The second kappa shape index (κ2) is 13.4. The molecule has 0 aliphatic rings. The molecule has 7 nitrogen and oxygen atoms in total. The minimum absolute atomic E-state index is 0.0720. The zero-order valence-corrected chi connectivity index (χ0v) is 22.6. The molecule has 1 heterocycles. The first-order valence-electron chi connectivity index (χ1n) is 12.4. The SMILES string of the molecule is COC(=O)Nc1ccc(-c2nc([C@H](Cc3ccccc3)NCCCc3cc(Cl)ccc3CN)[nH]c2Cl)cc1. The summed E-state index contributed by atoms with van der Waals surface area (Å²) in [5.74, 6) is 0.760. The number of ether oxygens (including phenoxy) is 1. The smallest absolute Gasteiger partial charge is 0.411 e. The zero-order valence-electron chi connectivity index (χ0n) is 21.1. The first kappa shape index (κ1) is 27.7. The van der Waals surface area contributed by atoms with Crippen LogP contribution in [0, 0.1) is 0 Å². The quantitative estimate of drug-likeness (QED) is 0.159. The number of nitrogens with zero attached hydrogens (tertiary/aromatic N) is 1. The first-order valence-corrected chi connectivity index (χ1v) is 13.2. The van der Waals surface area contributed by atoms with E-state index in [1.54, 1.807) is 12.1 Å². The highest BCUT2D eigenvalue weighted by Crippen LogP contribution is 2.29. The highest BCUT2D eigenvalue weighted by atomic mass is 35.5. The fourth-order valence-electron chi connectivity index (χ4n) is 4.30. The average Bonchev–Trinajstić information content (AvgIpc) is 3.32. The molecule has 5 N–H and O–H groups in total. The van der Waals surface area contributed by atoms with Crippen molar-refractivity contribution in [3.05, 3.63) is 105 Å². The van der Waals surface area contributed by atoms with Crippen LogP contribution < -0.4 is 16.4 Å². The fraction of sp³-hybridized carbons (Fsp3) is 0.241. The number of aromatic amines is 1. The van der Waals surface area contributed by atoms with Crippen LogP contribution in [0.5, 0.6) is 0 Å². The third kappa shape index (κ3) is 7.36. The number of imidazole rings is 1. The number of aryl methyl sites for hydroxylation is 1. The molecule has 1 aromatic heterocycles. The molecule has 38 heavy (non-hydrogen) atoms. The average molecular weight is 553 g/mol. The summed E-state index contributed by atoms with van der Waals surface area (Å²) in [5.41, 5.74) is 11.5. The Morgan fingerprint density at radius 1 is 1.05 bits per heavy atom. The van der Waals surface area contributed by atoms with Crippen LogP contribution in [0.1, 0.15) is 35.0 Å². The Balaban J connectivity index is 1.49. The molecule has 4 rings (SSSR count). The van der Waals surface area contributed by atoms with Crippen molar-refractivity contribution >= 4 is 35.0 Å². The largest absolute Gasteiger partial charge is 0.453 e. The number of hydrogen-bond acceptors (Lipinski definition) is 5. The topological polar surface area (TPSA) is 105 Å². The van der Waals surface area contributed by atoms with Gasteiger partial charge in [-0.3, -0.25) is 5.32 Å². The zero-order chi connectivity index (χ0) is 26.9. The molecule has 0 saturated heterocycles. The molecular weight excluding hydrogens is 521 g/mol. The maximum atomic E-state index is 11.5. The van der Waals surface area contributed by atoms with E-state index in [9.17, 15) is 4.79 Å². The van der Waals surface area contributed by atoms with Crippen molar-refractivity contribution < 1.29 is 9.53 Å². The van der Waals surface area contributed by atoms with Crippen LogP contribution in [0.2, 0.25) is 10.2 Å². The molecule has 198 valence electrons. The van der Waals surface area contributed by atoms with Gasteiger partial charge >= 0.3 is 6.09 Å². The van der Waals surface area contributed by atoms with Gasteiger partial charge in [0.15, 0.2) is 0 Å². The van der Waals surface area contributed by atoms with Crippen molar-refractivity contribution in [2.24, 2.45) is 5.73 Å². The van der Waals surface area contributed by atoms with Gasteiger partial charge in [-0.15, -0.1) is 0 Å². The van der Waals surface area contributed by atoms with E-state index in [-0.39, 0.29) is 6.04 Å². The van der Waals surface area contributed by atoms with Gasteiger partial charge in [-0.1, -0.05) is 71.7 Å². The third-order valence-electron chi connectivity index (χ3n) is 6.28. The summed E-state index contributed by atoms with van der Waals surface area (Å²) < 4.78 is 4.64. The number of H-pyrrole nitrogens is 1. The molecule has 0 aliphatic heterocycles. The third-order valence-corrected chi connectivity index (χ3v) is 6.79. The van der Waals surface area contributed by atoms with Gasteiger partial charge in [-0.2, -0.15) is 0 Å². The van der Waals surface area contributed by atoms with Gasteiger partial charge in [0.2, 0.25) is 0 Å². The van der Waals surface area contributed by atoms with E-state index in [0.29, 0.717) is 23.1 Å². The monoisotopic (exact) mass is 551 g/mol. The van der Waals surface area contributed by atoms with E-state index in [1.165, 1.54) is 18.2 Å². The minimum Gasteiger partial charge on any atom is -0.453 e. The number of benzene rings is 3. The lowest BCUT2D eigenvalue weighted by atomic mass is 10.0. The Morgan fingerprint density at radius 2 is 1.82 bits per heavy atom. The molecule has 4 aromatic rings. The Hall–Kier alpha value is -3.36. The highest BCUT2D eigenvalue weighted by Gasteiger charge is 2.19. The van der Waals surface area contributed by atoms with Crippen molar-refractivity contribution in [2.45, 2.75) is 31.8 Å². The summed E-state index contributed by atoms with van der Waals surface area (Å²) in [4.78, 5) is 19.6. The standard InChI is InChI=1S/C29H31Cl2N5O2/c1-38-29(37)34-24-13-10-20(11-14-24)26-27(31)36-28(35-26)25(16-19-6-3-2-4-7-19)33-15-5-8-21-17-23(30)12-9-22(21)18-32/h2-4,6-7,9-14,17,25,33H,5,8,15-16,18,32H2,1H3,(H,34,37)(H,35,36)/t25-/m0/s1. The summed E-state index contributed by atoms with van der Waals surface area (Å²) in [6, 6.07) is 23.3. The van der Waals surface area contributed by atoms with Crippen LogP contribution in [0.25, 0.3) is 11.3 Å². The number of rotatable bonds is 11. The van der Waals surface area contributed by atoms with Crippen LogP contribution in [-0.4, -0.2) is 29.7 Å². The van der Waals surface area contributed by atoms with Gasteiger partial charge in [0.05, 0.1) is 13.2 Å². The van der Waals surface area contributed by atoms with Gasteiger partial charge in [0.1, 0.15) is 16.7 Å². The van der Waals surface area contributed by atoms with E-state index in [4.69, 9.17) is 33.9 Å². The van der Waals surface area contributed by atoms with Gasteiger partial charge < -0.3 is 20.8 Å². The summed E-state index contributed by atoms with van der Waals surface area (Å²) in [5, 5.41) is 7.48. The predicted molar refractivity (Wildman–Crippen MR) is 154 cm³/mol. The molecule has 0 spiro atoms. The number of hydrogen-bond donors (Lipinski definition) is 4. The number of carbonyl (C=O) groups is 1. The molecule has 0 aliphatic carbocycles. The van der Waals surface area contributed by atoms with E-state index in [2.05, 4.69) is 32.5 Å². The number of carbonyl (C=O) groups excluding carboxylic acids is 1. The van der Waals surface area contributed by atoms with Crippen molar-refractivity contribution in [3.8, 4) is 11.3 Å². The van der Waals surface area contributed by atoms with Crippen LogP contribution in [-0.2, 0) is 24.1 Å². The summed E-state index contributed by atoms with van der Waals surface area (Å²) in [6.45, 7) is 1.26. The normalized spacial score (nSPS) is 11.8. The number of halogens is 2. The first-order chi connectivity index (χ1) is 18.5. The minimum atomic E-state index is -0.526. The lowest BCUT2D eigenvalue weighted by Crippen LogP contribution is -2.26. The van der Waals surface area contributed by atoms with Crippen molar-refractivity contribution in [1.82, 2.24) is 15.3 Å². The van der Waals surface area contributed by atoms with Crippen molar-refractivity contribution in [2.75, 3.05) is 19.0 Å². The molecule has 3 aromatic carbocycles. The lowest BCUT2D eigenvalue weighted by Gasteiger charge is -2.17. The number of nitrogens with two attached hydrogens (primary N) is 1. The molecule has 1 atom stereocenters. The molecular formula is C29H31Cl2N5O2. The van der Waals surface area contributed by atoms with Crippen molar-refractivity contribution in [1.29, 1.82) is 0 Å². The molecule has 1 amide bonds. The molecule has 0 radical (unpaired) electrons. The molecule has 9 heteroatoms. The van der Waals surface area contributed by atoms with Gasteiger partial charge in [0, 0.05) is 22.8 Å². The number of aromatic nitrogens is 2. The summed E-state index contributed by atoms with van der Waals surface area (Å²) in [7, 11) is 1.32. The van der Waals surface area contributed by atoms with E-state index in [1.807, 2.05) is 48.5 Å². The van der Waals surface area contributed by atoms with Gasteiger partial charge in [-0.25, -0.2) is 9.78 Å². The highest BCUT2D eigenvalue weighted by molar-refractivity contribution is 6.32. The number of amides is 1. The summed E-state index contributed by atoms with van der Waals surface area (Å²) in [6.07, 6.45) is 2.00. The fourth-order valence-corrected chi connectivity index (χ4v) is 4.75.